The molecule has 0 bridgehead atoms. The highest BCUT2D eigenvalue weighted by molar-refractivity contribution is 5.85. The maximum atomic E-state index is 5.96. The molecule has 1 aromatic carbocycles. The molecule has 0 spiro atoms. The predicted octanol–water partition coefficient (Wildman–Crippen LogP) is 2.47. The molecule has 1 unspecified atom stereocenters. The molecule has 2 aromatic rings. The first-order valence-corrected chi connectivity index (χ1v) is 9.23. The molecule has 0 amide bonds. The van der Waals surface area contributed by atoms with Gasteiger partial charge in [0.1, 0.15) is 11.4 Å². The number of halogens is 2. The van der Waals surface area contributed by atoms with Gasteiger partial charge in [-0.15, -0.1) is 24.8 Å². The highest BCUT2D eigenvalue weighted by Crippen LogP contribution is 2.37. The second kappa shape index (κ2) is 13.9. The maximum Gasteiger partial charge on any atom is 0.224 e. The number of fused-ring (bicyclic) bond motifs is 1. The van der Waals surface area contributed by atoms with Crippen molar-refractivity contribution in [3.05, 3.63) is 29.8 Å². The van der Waals surface area contributed by atoms with Gasteiger partial charge in [-0.2, -0.15) is 9.97 Å². The second-order valence-corrected chi connectivity index (χ2v) is 6.47. The first-order valence-electron chi connectivity index (χ1n) is 9.23. The van der Waals surface area contributed by atoms with Crippen LogP contribution in [-0.2, 0) is 0 Å². The zero-order valence-electron chi connectivity index (χ0n) is 17.6. The van der Waals surface area contributed by atoms with Gasteiger partial charge in [0.2, 0.25) is 5.95 Å². The zero-order valence-corrected chi connectivity index (χ0v) is 19.2. The number of benzene rings is 1. The van der Waals surface area contributed by atoms with Crippen molar-refractivity contribution >= 4 is 48.1 Å². The number of ether oxygens (including phenoxy) is 1. The van der Waals surface area contributed by atoms with Crippen molar-refractivity contribution in [1.29, 1.82) is 0 Å². The summed E-state index contributed by atoms with van der Waals surface area (Å²) >= 11 is 0. The summed E-state index contributed by atoms with van der Waals surface area (Å²) in [4.78, 5) is 11.2. The molecule has 8 N–H and O–H groups in total. The second-order valence-electron chi connectivity index (χ2n) is 6.47. The van der Waals surface area contributed by atoms with E-state index >= 15 is 0 Å². The smallest absolute Gasteiger partial charge is 0.224 e. The Morgan fingerprint density at radius 1 is 1.07 bits per heavy atom. The average molecular weight is 465 g/mol. The minimum atomic E-state index is 0. The zero-order chi connectivity index (χ0) is 18.5. The third-order valence-corrected chi connectivity index (χ3v) is 4.50. The van der Waals surface area contributed by atoms with Gasteiger partial charge in [0.05, 0.1) is 13.2 Å². The Morgan fingerprint density at radius 3 is 2.20 bits per heavy atom. The number of methoxy groups -OCH3 is 1. The van der Waals surface area contributed by atoms with Crippen molar-refractivity contribution in [2.45, 2.75) is 32.7 Å². The lowest BCUT2D eigenvalue weighted by Gasteiger charge is -2.32. The molecule has 0 fully saturated rings. The number of aromatic nitrogens is 2. The van der Waals surface area contributed by atoms with Crippen LogP contribution in [0.3, 0.4) is 0 Å². The Bertz CT molecular complexity index is 746. The van der Waals surface area contributed by atoms with Crippen molar-refractivity contribution in [2.75, 3.05) is 48.0 Å². The van der Waals surface area contributed by atoms with Crippen LogP contribution in [-0.4, -0.2) is 47.7 Å². The summed E-state index contributed by atoms with van der Waals surface area (Å²) < 4.78 is 5.25. The van der Waals surface area contributed by atoms with Gasteiger partial charge >= 0.3 is 0 Å². The molecule has 172 valence electrons. The molecule has 1 aromatic heterocycles. The Balaban J connectivity index is 0. The topological polar surface area (TPSA) is 151 Å². The van der Waals surface area contributed by atoms with E-state index < -0.39 is 0 Å². The first-order chi connectivity index (χ1) is 12.7. The summed E-state index contributed by atoms with van der Waals surface area (Å²) in [5, 5.41) is 7.03. The molecule has 30 heavy (non-hydrogen) atoms. The number of nitrogen functional groups attached to an aromatic ring is 1. The molecular formula is C19H34Cl2N6O3. The van der Waals surface area contributed by atoms with Gasteiger partial charge in [-0.25, -0.2) is 0 Å². The van der Waals surface area contributed by atoms with E-state index in [9.17, 15) is 0 Å². The Kier molecular flexibility index (Phi) is 13.9. The van der Waals surface area contributed by atoms with E-state index in [4.69, 9.17) is 10.5 Å². The van der Waals surface area contributed by atoms with Crippen LogP contribution in [0, 0.1) is 0 Å². The predicted molar refractivity (Wildman–Crippen MR) is 129 cm³/mol. The molecule has 0 saturated carbocycles. The van der Waals surface area contributed by atoms with Crippen LogP contribution in [0.1, 0.15) is 38.3 Å². The SMILES string of the molecule is CCCN(CCC)c1nc(N)nc2c1NC(c1ccc(OC)cc1)CN2.Cl.Cl.O.O. The summed E-state index contributed by atoms with van der Waals surface area (Å²) in [6.07, 6.45) is 2.10. The highest BCUT2D eigenvalue weighted by atomic mass is 35.5. The van der Waals surface area contributed by atoms with Crippen molar-refractivity contribution in [1.82, 2.24) is 9.97 Å². The van der Waals surface area contributed by atoms with Crippen molar-refractivity contribution < 1.29 is 15.7 Å². The van der Waals surface area contributed by atoms with Crippen molar-refractivity contribution in [2.24, 2.45) is 0 Å². The number of hydrogen-bond donors (Lipinski definition) is 3. The van der Waals surface area contributed by atoms with E-state index in [-0.39, 0.29) is 41.8 Å². The van der Waals surface area contributed by atoms with Gasteiger partial charge < -0.3 is 37.0 Å². The highest BCUT2D eigenvalue weighted by Gasteiger charge is 2.26. The lowest BCUT2D eigenvalue weighted by atomic mass is 10.0. The van der Waals surface area contributed by atoms with Gasteiger partial charge in [0.25, 0.3) is 0 Å². The maximum absolute atomic E-state index is 5.96. The first kappa shape index (κ1) is 30.0. The minimum absolute atomic E-state index is 0. The van der Waals surface area contributed by atoms with Crippen LogP contribution >= 0.6 is 24.8 Å². The summed E-state index contributed by atoms with van der Waals surface area (Å²) in [7, 11) is 1.68. The van der Waals surface area contributed by atoms with Crippen LogP contribution in [0.15, 0.2) is 24.3 Å². The van der Waals surface area contributed by atoms with E-state index in [1.54, 1.807) is 7.11 Å². The molecule has 2 heterocycles. The quantitative estimate of drug-likeness (QED) is 0.568. The third-order valence-electron chi connectivity index (χ3n) is 4.50. The van der Waals surface area contributed by atoms with Gasteiger partial charge in [0, 0.05) is 19.6 Å². The molecule has 0 aliphatic carbocycles. The fourth-order valence-electron chi connectivity index (χ4n) is 3.28. The molecular weight excluding hydrogens is 431 g/mol. The Morgan fingerprint density at radius 2 is 1.67 bits per heavy atom. The normalized spacial score (nSPS) is 13.5. The van der Waals surface area contributed by atoms with Gasteiger partial charge in [-0.3, -0.25) is 0 Å². The van der Waals surface area contributed by atoms with E-state index in [1.807, 2.05) is 12.1 Å². The van der Waals surface area contributed by atoms with Gasteiger partial charge in [-0.05, 0) is 30.5 Å². The molecule has 1 aliphatic rings. The molecule has 1 aliphatic heterocycles. The van der Waals surface area contributed by atoms with Crippen LogP contribution < -0.4 is 26.0 Å². The summed E-state index contributed by atoms with van der Waals surface area (Å²) in [6, 6.07) is 8.25. The molecule has 1 atom stereocenters. The van der Waals surface area contributed by atoms with E-state index in [0.29, 0.717) is 5.95 Å². The number of nitrogens with two attached hydrogens (primary N) is 1. The molecule has 0 saturated heterocycles. The molecule has 9 nitrogen and oxygen atoms in total. The summed E-state index contributed by atoms with van der Waals surface area (Å²) in [5.74, 6) is 2.80. The number of rotatable bonds is 7. The molecule has 11 heteroatoms. The van der Waals surface area contributed by atoms with Crippen LogP contribution in [0.5, 0.6) is 5.75 Å². The monoisotopic (exact) mass is 464 g/mol. The lowest BCUT2D eigenvalue weighted by Crippen LogP contribution is -2.32. The molecule has 3 rings (SSSR count). The standard InChI is InChI=1S/C19H28N6O.2ClH.2H2O/c1-4-10-25(11-5-2)18-16-17(23-19(20)24-18)21-12-15(22-16)13-6-8-14(26-3)9-7-13;;;;/h6-9,15,22H,4-5,10-12H2,1-3H3,(H3,20,21,23,24);2*1H;2*1H2. The van der Waals surface area contributed by atoms with Gasteiger partial charge in [0.15, 0.2) is 11.6 Å². The fraction of sp³-hybridized carbons (Fsp3) is 0.474. The Hall–Kier alpha value is -2.20. The average Bonchev–Trinajstić information content (AvgIpc) is 2.67. The lowest BCUT2D eigenvalue weighted by molar-refractivity contribution is 0.414. The van der Waals surface area contributed by atoms with Crippen LogP contribution in [0.4, 0.5) is 23.3 Å². The summed E-state index contributed by atoms with van der Waals surface area (Å²) in [5.41, 5.74) is 8.07. The van der Waals surface area contributed by atoms with Gasteiger partial charge in [-0.1, -0.05) is 26.0 Å². The largest absolute Gasteiger partial charge is 0.497 e. The van der Waals surface area contributed by atoms with Crippen molar-refractivity contribution in [3.8, 4) is 5.75 Å². The summed E-state index contributed by atoms with van der Waals surface area (Å²) in [6.45, 7) is 6.95. The number of hydrogen-bond acceptors (Lipinski definition) is 7. The van der Waals surface area contributed by atoms with E-state index in [0.717, 1.165) is 55.5 Å². The fourth-order valence-corrected chi connectivity index (χ4v) is 3.28. The third kappa shape index (κ3) is 6.66. The number of nitrogens with zero attached hydrogens (tertiary/aromatic N) is 3. The Labute approximate surface area is 190 Å². The number of anilines is 4. The van der Waals surface area contributed by atoms with Crippen LogP contribution in [0.2, 0.25) is 0 Å². The minimum Gasteiger partial charge on any atom is -0.497 e. The number of nitrogens with one attached hydrogen (secondary N) is 2. The molecule has 0 radical (unpaired) electrons. The van der Waals surface area contributed by atoms with Crippen LogP contribution in [0.25, 0.3) is 0 Å². The van der Waals surface area contributed by atoms with E-state index in [1.165, 1.54) is 5.56 Å². The van der Waals surface area contributed by atoms with E-state index in [2.05, 4.69) is 51.5 Å². The van der Waals surface area contributed by atoms with Crippen molar-refractivity contribution in [3.63, 3.8) is 0 Å².